The molecule has 1 nitrogen and oxygen atoms in total. The molecule has 1 rings (SSSR count). The highest BCUT2D eigenvalue weighted by Crippen LogP contribution is 2.12. The van der Waals surface area contributed by atoms with Gasteiger partial charge in [0.1, 0.15) is 0 Å². The fraction of sp³-hybridized carbons (Fsp3) is 0.455. The van der Waals surface area contributed by atoms with Crippen LogP contribution in [0.15, 0.2) is 18.2 Å². The third-order valence-corrected chi connectivity index (χ3v) is 2.49. The van der Waals surface area contributed by atoms with Crippen LogP contribution in [0.2, 0.25) is 0 Å². The van der Waals surface area contributed by atoms with Gasteiger partial charge in [-0.3, -0.25) is 0 Å². The van der Waals surface area contributed by atoms with E-state index < -0.39 is 6.10 Å². The number of rotatable bonds is 3. The Kier molecular flexibility index (Phi) is 3.76. The second kappa shape index (κ2) is 4.64. The first-order valence-corrected chi connectivity index (χ1v) is 4.97. The maximum Gasteiger partial charge on any atom is 0.0715 e. The van der Waals surface area contributed by atoms with E-state index in [0.717, 1.165) is 0 Å². The largest absolute Gasteiger partial charge is 0.392 e. The third-order valence-electron chi connectivity index (χ3n) is 2.13. The fourth-order valence-electron chi connectivity index (χ4n) is 1.38. The Labute approximate surface area is 84.4 Å². The molecule has 2 heteroatoms. The molecule has 0 heterocycles. The minimum atomic E-state index is -0.428. The van der Waals surface area contributed by atoms with Crippen LogP contribution in [0.25, 0.3) is 0 Å². The van der Waals surface area contributed by atoms with Crippen molar-refractivity contribution in [1.29, 1.82) is 0 Å². The van der Waals surface area contributed by atoms with E-state index in [-0.39, 0.29) is 0 Å². The van der Waals surface area contributed by atoms with E-state index in [2.05, 4.69) is 32.0 Å². The average Bonchev–Trinajstić information content (AvgIpc) is 2.09. The van der Waals surface area contributed by atoms with Gasteiger partial charge in [0.15, 0.2) is 0 Å². The summed E-state index contributed by atoms with van der Waals surface area (Å²) < 4.78 is 0. The molecular weight excluding hydrogens is 184 g/mol. The number of aliphatic hydroxyl groups is 1. The number of halogens is 1. The Morgan fingerprint density at radius 1 is 1.38 bits per heavy atom. The summed E-state index contributed by atoms with van der Waals surface area (Å²) in [5.41, 5.74) is 3.66. The molecule has 0 spiro atoms. The van der Waals surface area contributed by atoms with Gasteiger partial charge in [-0.1, -0.05) is 23.8 Å². The van der Waals surface area contributed by atoms with Crippen LogP contribution in [0.4, 0.5) is 0 Å². The van der Waals surface area contributed by atoms with Crippen molar-refractivity contribution in [2.45, 2.75) is 26.4 Å². The van der Waals surface area contributed by atoms with E-state index in [9.17, 15) is 5.11 Å². The zero-order valence-corrected chi connectivity index (χ0v) is 8.80. The van der Waals surface area contributed by atoms with E-state index in [1.165, 1.54) is 16.7 Å². The predicted octanol–water partition coefficient (Wildman–Crippen LogP) is 2.45. The van der Waals surface area contributed by atoms with Gasteiger partial charge < -0.3 is 5.11 Å². The monoisotopic (exact) mass is 198 g/mol. The molecule has 1 aromatic carbocycles. The zero-order chi connectivity index (χ0) is 9.84. The van der Waals surface area contributed by atoms with Crippen LogP contribution >= 0.6 is 11.6 Å². The molecule has 0 aliphatic rings. The highest BCUT2D eigenvalue weighted by atomic mass is 35.5. The van der Waals surface area contributed by atoms with Crippen molar-refractivity contribution in [2.75, 3.05) is 5.88 Å². The van der Waals surface area contributed by atoms with Gasteiger partial charge >= 0.3 is 0 Å². The van der Waals surface area contributed by atoms with Crippen molar-refractivity contribution < 1.29 is 5.11 Å². The van der Waals surface area contributed by atoms with Gasteiger partial charge in [-0.25, -0.2) is 0 Å². The highest BCUT2D eigenvalue weighted by Gasteiger charge is 2.05. The van der Waals surface area contributed by atoms with Gasteiger partial charge in [0.05, 0.1) is 6.10 Å². The molecule has 0 saturated carbocycles. The molecule has 1 aromatic rings. The number of alkyl halides is 1. The minimum Gasteiger partial charge on any atom is -0.392 e. The molecule has 0 amide bonds. The van der Waals surface area contributed by atoms with Crippen molar-refractivity contribution in [3.8, 4) is 0 Å². The summed E-state index contributed by atoms with van der Waals surface area (Å²) >= 11 is 5.54. The third kappa shape index (κ3) is 3.02. The average molecular weight is 199 g/mol. The number of aliphatic hydroxyl groups excluding tert-OH is 1. The highest BCUT2D eigenvalue weighted by molar-refractivity contribution is 6.18. The normalized spacial score (nSPS) is 12.9. The first kappa shape index (κ1) is 10.6. The molecule has 0 aliphatic carbocycles. The molecule has 1 atom stereocenters. The number of benzene rings is 1. The van der Waals surface area contributed by atoms with Crippen LogP contribution in [-0.4, -0.2) is 17.1 Å². The molecule has 1 unspecified atom stereocenters. The van der Waals surface area contributed by atoms with Crippen LogP contribution in [0.1, 0.15) is 16.7 Å². The Bertz CT molecular complexity index is 283. The fourth-order valence-corrected chi connectivity index (χ4v) is 1.49. The lowest BCUT2D eigenvalue weighted by Gasteiger charge is -2.09. The first-order valence-electron chi connectivity index (χ1n) is 4.43. The quantitative estimate of drug-likeness (QED) is 0.740. The van der Waals surface area contributed by atoms with Gasteiger partial charge in [-0.15, -0.1) is 11.6 Å². The maximum atomic E-state index is 9.37. The number of hydrogen-bond acceptors (Lipinski definition) is 1. The van der Waals surface area contributed by atoms with Gasteiger partial charge in [-0.05, 0) is 31.4 Å². The van der Waals surface area contributed by atoms with Crippen LogP contribution in [0.5, 0.6) is 0 Å². The molecule has 0 aromatic heterocycles. The molecule has 0 aliphatic heterocycles. The standard InChI is InChI=1S/C11H15ClO/c1-8-3-4-10(9(2)5-8)6-11(13)7-12/h3-5,11,13H,6-7H2,1-2H3. The van der Waals surface area contributed by atoms with Crippen molar-refractivity contribution in [3.63, 3.8) is 0 Å². The Hall–Kier alpha value is -0.530. The minimum absolute atomic E-state index is 0.299. The molecular formula is C11H15ClO. The van der Waals surface area contributed by atoms with Crippen molar-refractivity contribution in [2.24, 2.45) is 0 Å². The predicted molar refractivity (Wildman–Crippen MR) is 56.3 cm³/mol. The molecule has 0 saturated heterocycles. The molecule has 0 bridgehead atoms. The van der Waals surface area contributed by atoms with Gasteiger partial charge in [-0.2, -0.15) is 0 Å². The van der Waals surface area contributed by atoms with E-state index in [0.29, 0.717) is 12.3 Å². The van der Waals surface area contributed by atoms with Crippen LogP contribution < -0.4 is 0 Å². The maximum absolute atomic E-state index is 9.37. The summed E-state index contributed by atoms with van der Waals surface area (Å²) in [5, 5.41) is 9.37. The van der Waals surface area contributed by atoms with Crippen molar-refractivity contribution in [1.82, 2.24) is 0 Å². The van der Waals surface area contributed by atoms with Crippen LogP contribution in [0.3, 0.4) is 0 Å². The Morgan fingerprint density at radius 3 is 2.62 bits per heavy atom. The summed E-state index contributed by atoms with van der Waals surface area (Å²) in [7, 11) is 0. The number of aryl methyl sites for hydroxylation is 2. The Balaban J connectivity index is 2.77. The Morgan fingerprint density at radius 2 is 2.08 bits per heavy atom. The van der Waals surface area contributed by atoms with Gasteiger partial charge in [0.25, 0.3) is 0 Å². The summed E-state index contributed by atoms with van der Waals surface area (Å²) in [6.07, 6.45) is 0.221. The molecule has 0 fully saturated rings. The SMILES string of the molecule is Cc1ccc(CC(O)CCl)c(C)c1. The number of hydrogen-bond donors (Lipinski definition) is 1. The molecule has 1 N–H and O–H groups in total. The van der Waals surface area contributed by atoms with E-state index in [1.54, 1.807) is 0 Å². The summed E-state index contributed by atoms with van der Waals surface area (Å²) in [4.78, 5) is 0. The lowest BCUT2D eigenvalue weighted by molar-refractivity contribution is 0.198. The molecule has 13 heavy (non-hydrogen) atoms. The lowest BCUT2D eigenvalue weighted by Crippen LogP contribution is -2.12. The zero-order valence-electron chi connectivity index (χ0n) is 8.05. The summed E-state index contributed by atoms with van der Waals surface area (Å²) in [5.74, 6) is 0.299. The van der Waals surface area contributed by atoms with Gasteiger partial charge in [0, 0.05) is 5.88 Å². The van der Waals surface area contributed by atoms with E-state index in [1.807, 2.05) is 0 Å². The van der Waals surface area contributed by atoms with Crippen molar-refractivity contribution in [3.05, 3.63) is 34.9 Å². The second-order valence-electron chi connectivity index (χ2n) is 3.44. The van der Waals surface area contributed by atoms with Crippen molar-refractivity contribution >= 4 is 11.6 Å². The lowest BCUT2D eigenvalue weighted by atomic mass is 10.0. The summed E-state index contributed by atoms with van der Waals surface area (Å²) in [6, 6.07) is 6.24. The van der Waals surface area contributed by atoms with E-state index in [4.69, 9.17) is 11.6 Å². The molecule has 72 valence electrons. The first-order chi connectivity index (χ1) is 6.13. The second-order valence-corrected chi connectivity index (χ2v) is 3.75. The van der Waals surface area contributed by atoms with Crippen LogP contribution in [0, 0.1) is 13.8 Å². The smallest absolute Gasteiger partial charge is 0.0715 e. The molecule has 0 radical (unpaired) electrons. The van der Waals surface area contributed by atoms with Crippen LogP contribution in [-0.2, 0) is 6.42 Å². The topological polar surface area (TPSA) is 20.2 Å². The van der Waals surface area contributed by atoms with Gasteiger partial charge in [0.2, 0.25) is 0 Å². The van der Waals surface area contributed by atoms with E-state index >= 15 is 0 Å². The summed E-state index contributed by atoms with van der Waals surface area (Å²) in [6.45, 7) is 4.12.